The fourth-order valence-electron chi connectivity index (χ4n) is 1.38. The average molecular weight is 230 g/mol. The zero-order chi connectivity index (χ0) is 12.9. The van der Waals surface area contributed by atoms with E-state index in [9.17, 15) is 4.79 Å². The lowest BCUT2D eigenvalue weighted by atomic mass is 9.90. The lowest BCUT2D eigenvalue weighted by Crippen LogP contribution is -2.15. The van der Waals surface area contributed by atoms with Crippen molar-refractivity contribution in [3.8, 4) is 6.07 Å². The van der Waals surface area contributed by atoms with E-state index < -0.39 is 0 Å². The topological polar surface area (TPSA) is 52.9 Å². The molecule has 90 valence electrons. The summed E-state index contributed by atoms with van der Waals surface area (Å²) < 4.78 is 0. The molecule has 0 aliphatic heterocycles. The Balaban J connectivity index is 2.54. The standard InChI is InChI=1S/C14H18N2O/c1-14(2,3)8-7-13(17)16-12-6-4-5-11(9-12)10-15/h4-6,9H,7-8H2,1-3H3,(H,16,17). The first-order valence-corrected chi connectivity index (χ1v) is 5.71. The summed E-state index contributed by atoms with van der Waals surface area (Å²) in [6.07, 6.45) is 1.34. The van der Waals surface area contributed by atoms with Gasteiger partial charge in [0.05, 0.1) is 11.6 Å². The van der Waals surface area contributed by atoms with Gasteiger partial charge in [0.25, 0.3) is 0 Å². The molecule has 0 aliphatic rings. The Bertz CT molecular complexity index is 438. The molecule has 0 spiro atoms. The molecule has 0 radical (unpaired) electrons. The number of amides is 1. The third-order valence-electron chi connectivity index (χ3n) is 2.38. The first kappa shape index (κ1) is 13.2. The highest BCUT2D eigenvalue weighted by Gasteiger charge is 2.12. The summed E-state index contributed by atoms with van der Waals surface area (Å²) in [6, 6.07) is 8.98. The Hall–Kier alpha value is -1.82. The van der Waals surface area contributed by atoms with Crippen molar-refractivity contribution in [2.24, 2.45) is 5.41 Å². The van der Waals surface area contributed by atoms with Crippen molar-refractivity contribution in [1.82, 2.24) is 0 Å². The minimum absolute atomic E-state index is 0.00462. The van der Waals surface area contributed by atoms with Crippen molar-refractivity contribution in [3.63, 3.8) is 0 Å². The lowest BCUT2D eigenvalue weighted by molar-refractivity contribution is -0.116. The highest BCUT2D eigenvalue weighted by molar-refractivity contribution is 5.90. The summed E-state index contributed by atoms with van der Waals surface area (Å²) in [5.74, 6) is -0.00462. The Morgan fingerprint density at radius 1 is 1.41 bits per heavy atom. The molecule has 3 nitrogen and oxygen atoms in total. The third kappa shape index (κ3) is 5.17. The van der Waals surface area contributed by atoms with Gasteiger partial charge in [0.1, 0.15) is 0 Å². The summed E-state index contributed by atoms with van der Waals surface area (Å²) in [7, 11) is 0. The number of hydrogen-bond donors (Lipinski definition) is 1. The van der Waals surface area contributed by atoms with E-state index in [1.165, 1.54) is 0 Å². The van der Waals surface area contributed by atoms with Gasteiger partial charge < -0.3 is 5.32 Å². The van der Waals surface area contributed by atoms with Gasteiger partial charge in [0.15, 0.2) is 0 Å². The van der Waals surface area contributed by atoms with E-state index in [4.69, 9.17) is 5.26 Å². The van der Waals surface area contributed by atoms with Crippen molar-refractivity contribution in [1.29, 1.82) is 5.26 Å². The van der Waals surface area contributed by atoms with Gasteiger partial charge >= 0.3 is 0 Å². The zero-order valence-electron chi connectivity index (χ0n) is 10.6. The Morgan fingerprint density at radius 3 is 2.71 bits per heavy atom. The molecule has 0 unspecified atom stereocenters. The van der Waals surface area contributed by atoms with Gasteiger partial charge in [-0.1, -0.05) is 26.8 Å². The molecule has 1 N–H and O–H groups in total. The molecular weight excluding hydrogens is 212 g/mol. The molecule has 0 atom stereocenters. The van der Waals surface area contributed by atoms with E-state index in [0.29, 0.717) is 17.7 Å². The van der Waals surface area contributed by atoms with Crippen LogP contribution in [0, 0.1) is 16.7 Å². The van der Waals surface area contributed by atoms with Crippen LogP contribution in [-0.4, -0.2) is 5.91 Å². The number of benzene rings is 1. The number of hydrogen-bond acceptors (Lipinski definition) is 2. The van der Waals surface area contributed by atoms with Crippen LogP contribution in [-0.2, 0) is 4.79 Å². The molecule has 0 saturated carbocycles. The van der Waals surface area contributed by atoms with Crippen LogP contribution in [0.5, 0.6) is 0 Å². The van der Waals surface area contributed by atoms with Crippen molar-refractivity contribution < 1.29 is 4.79 Å². The lowest BCUT2D eigenvalue weighted by Gasteiger charge is -2.17. The van der Waals surface area contributed by atoms with Crippen LogP contribution >= 0.6 is 0 Å². The minimum Gasteiger partial charge on any atom is -0.326 e. The van der Waals surface area contributed by atoms with Gasteiger partial charge in [-0.15, -0.1) is 0 Å². The minimum atomic E-state index is -0.00462. The third-order valence-corrected chi connectivity index (χ3v) is 2.38. The quantitative estimate of drug-likeness (QED) is 0.866. The Labute approximate surface area is 102 Å². The number of carbonyl (C=O) groups excluding carboxylic acids is 1. The van der Waals surface area contributed by atoms with E-state index in [-0.39, 0.29) is 11.3 Å². The van der Waals surface area contributed by atoms with Gasteiger partial charge in [-0.05, 0) is 30.0 Å². The normalized spacial score (nSPS) is 10.7. The Morgan fingerprint density at radius 2 is 2.12 bits per heavy atom. The smallest absolute Gasteiger partial charge is 0.224 e. The summed E-state index contributed by atoms with van der Waals surface area (Å²) in [4.78, 5) is 11.7. The zero-order valence-corrected chi connectivity index (χ0v) is 10.6. The number of nitrogens with one attached hydrogen (secondary N) is 1. The summed E-state index contributed by atoms with van der Waals surface area (Å²) in [6.45, 7) is 6.32. The van der Waals surface area contributed by atoms with E-state index in [1.54, 1.807) is 24.3 Å². The maximum Gasteiger partial charge on any atom is 0.224 e. The number of rotatable bonds is 3. The molecule has 0 aromatic heterocycles. The van der Waals surface area contributed by atoms with Gasteiger partial charge in [0.2, 0.25) is 5.91 Å². The highest BCUT2D eigenvalue weighted by atomic mass is 16.1. The van der Waals surface area contributed by atoms with Crippen LogP contribution in [0.15, 0.2) is 24.3 Å². The number of nitrogens with zero attached hydrogens (tertiary/aromatic N) is 1. The molecule has 0 aliphatic carbocycles. The average Bonchev–Trinajstić information content (AvgIpc) is 2.26. The van der Waals surface area contributed by atoms with Crippen molar-refractivity contribution in [2.45, 2.75) is 33.6 Å². The largest absolute Gasteiger partial charge is 0.326 e. The number of nitriles is 1. The van der Waals surface area contributed by atoms with Gasteiger partial charge in [-0.2, -0.15) is 5.26 Å². The van der Waals surface area contributed by atoms with E-state index >= 15 is 0 Å². The van der Waals surface area contributed by atoms with Crippen molar-refractivity contribution >= 4 is 11.6 Å². The number of carbonyl (C=O) groups is 1. The Kier molecular flexibility index (Phi) is 4.28. The molecular formula is C14H18N2O. The second-order valence-corrected chi connectivity index (χ2v) is 5.30. The molecule has 3 heteroatoms. The van der Waals surface area contributed by atoms with Crippen LogP contribution in [0.3, 0.4) is 0 Å². The molecule has 17 heavy (non-hydrogen) atoms. The molecule has 1 aromatic rings. The van der Waals surface area contributed by atoms with Crippen LogP contribution in [0.2, 0.25) is 0 Å². The molecule has 0 fully saturated rings. The molecule has 0 heterocycles. The van der Waals surface area contributed by atoms with Crippen LogP contribution in [0.25, 0.3) is 0 Å². The van der Waals surface area contributed by atoms with Crippen LogP contribution in [0.1, 0.15) is 39.2 Å². The van der Waals surface area contributed by atoms with E-state index in [1.807, 2.05) is 6.07 Å². The van der Waals surface area contributed by atoms with Gasteiger partial charge in [-0.25, -0.2) is 0 Å². The highest BCUT2D eigenvalue weighted by Crippen LogP contribution is 2.21. The fraction of sp³-hybridized carbons (Fsp3) is 0.429. The van der Waals surface area contributed by atoms with E-state index in [2.05, 4.69) is 26.1 Å². The molecule has 1 rings (SSSR count). The first-order valence-electron chi connectivity index (χ1n) is 5.71. The maximum atomic E-state index is 11.7. The van der Waals surface area contributed by atoms with E-state index in [0.717, 1.165) is 6.42 Å². The van der Waals surface area contributed by atoms with Crippen LogP contribution < -0.4 is 5.32 Å². The summed E-state index contributed by atoms with van der Waals surface area (Å²) in [5, 5.41) is 11.5. The molecule has 0 bridgehead atoms. The SMILES string of the molecule is CC(C)(C)CCC(=O)Nc1cccc(C#N)c1. The predicted octanol–water partition coefficient (Wildman–Crippen LogP) is 3.32. The maximum absolute atomic E-state index is 11.7. The molecule has 0 saturated heterocycles. The monoisotopic (exact) mass is 230 g/mol. The number of anilines is 1. The fourth-order valence-corrected chi connectivity index (χ4v) is 1.38. The molecule has 1 amide bonds. The summed E-state index contributed by atoms with van der Waals surface area (Å²) in [5.41, 5.74) is 1.40. The van der Waals surface area contributed by atoms with Crippen molar-refractivity contribution in [2.75, 3.05) is 5.32 Å². The second kappa shape index (κ2) is 5.49. The predicted molar refractivity (Wildman–Crippen MR) is 68.5 cm³/mol. The second-order valence-electron chi connectivity index (χ2n) is 5.30. The first-order chi connectivity index (χ1) is 7.90. The van der Waals surface area contributed by atoms with Crippen molar-refractivity contribution in [3.05, 3.63) is 29.8 Å². The van der Waals surface area contributed by atoms with Gasteiger partial charge in [-0.3, -0.25) is 4.79 Å². The van der Waals surface area contributed by atoms with Crippen LogP contribution in [0.4, 0.5) is 5.69 Å². The summed E-state index contributed by atoms with van der Waals surface area (Å²) >= 11 is 0. The molecule has 1 aromatic carbocycles. The van der Waals surface area contributed by atoms with Gasteiger partial charge in [0, 0.05) is 12.1 Å².